The van der Waals surface area contributed by atoms with Crippen molar-refractivity contribution >= 4 is 48.0 Å². The van der Waals surface area contributed by atoms with Crippen LogP contribution in [0.25, 0.3) is 0 Å². The van der Waals surface area contributed by atoms with Gasteiger partial charge in [0.15, 0.2) is 30.6 Å². The summed E-state index contributed by atoms with van der Waals surface area (Å²) in [6.07, 6.45) is 0. The zero-order valence-electron chi connectivity index (χ0n) is 42.7. The van der Waals surface area contributed by atoms with E-state index in [1.165, 1.54) is 48.5 Å². The van der Waals surface area contributed by atoms with Crippen molar-refractivity contribution in [2.24, 2.45) is 26.6 Å². The van der Waals surface area contributed by atoms with Crippen molar-refractivity contribution in [2.45, 2.75) is 198 Å². The number of aliphatic imine (C=N–C) groups is 1. The van der Waals surface area contributed by atoms with Gasteiger partial charge >= 0.3 is 13.6 Å². The van der Waals surface area contributed by atoms with Crippen LogP contribution < -0.4 is 0 Å². The van der Waals surface area contributed by atoms with Crippen molar-refractivity contribution in [3.63, 3.8) is 0 Å². The molecule has 5 N–H and O–H groups in total. The molecule has 3 heterocycles. The van der Waals surface area contributed by atoms with Crippen molar-refractivity contribution in [3.8, 4) is 0 Å². The number of ketones is 2. The molecule has 0 amide bonds. The Balaban J connectivity index is -0.000000334. The monoisotopic (exact) mass is 954 g/mol. The first-order valence-electron chi connectivity index (χ1n) is 20.4. The van der Waals surface area contributed by atoms with Crippen LogP contribution in [0.15, 0.2) is 15.2 Å². The average Bonchev–Trinajstić information content (AvgIpc) is 3.82. The molecule has 1 aliphatic heterocycles. The second-order valence-electron chi connectivity index (χ2n) is 21.1. The summed E-state index contributed by atoms with van der Waals surface area (Å²) in [5.41, 5.74) is -0.463. The highest BCUT2D eigenvalue weighted by atomic mass is 32.2. The normalized spacial score (nSPS) is 13.0. The van der Waals surface area contributed by atoms with Crippen LogP contribution in [0.2, 0.25) is 12.1 Å². The molecule has 0 saturated heterocycles. The summed E-state index contributed by atoms with van der Waals surface area (Å²) in [6, 6.07) is 0. The molecule has 0 aromatic carbocycles. The van der Waals surface area contributed by atoms with Crippen molar-refractivity contribution in [1.82, 2.24) is 40.4 Å². The van der Waals surface area contributed by atoms with Gasteiger partial charge in [-0.3, -0.25) is 23.5 Å². The second kappa shape index (κ2) is 27.1. The number of nitrogens with zero attached hydrogens (tertiary/aromatic N) is 11. The lowest BCUT2D eigenvalue weighted by Gasteiger charge is -2.18. The molecule has 0 saturated carbocycles. The molecular formula is C39H81BN11O11PS. The number of tetrazole rings is 2. The summed E-state index contributed by atoms with van der Waals surface area (Å²) >= 11 is 0. The van der Waals surface area contributed by atoms with Crippen LogP contribution in [0.5, 0.6) is 0 Å². The van der Waals surface area contributed by atoms with E-state index in [0.717, 1.165) is 16.5 Å². The fraction of sp³-hybridized carbons (Fsp3) is 0.846. The Labute approximate surface area is 382 Å². The lowest BCUT2D eigenvalue weighted by Crippen LogP contribution is -2.26. The van der Waals surface area contributed by atoms with E-state index < -0.39 is 33.6 Å². The number of carboxylic acid groups (broad SMARTS) is 1. The number of hydrogen-bond acceptors (Lipinski definition) is 16. The van der Waals surface area contributed by atoms with Gasteiger partial charge in [-0.15, -0.1) is 20.4 Å². The molecule has 64 heavy (non-hydrogen) atoms. The first kappa shape index (κ1) is 66.9. The third-order valence-corrected chi connectivity index (χ3v) is 11.2. The summed E-state index contributed by atoms with van der Waals surface area (Å²) in [7, 11) is -7.69. The Hall–Kier alpha value is -3.70. The number of aromatic nitrogens is 8. The van der Waals surface area contributed by atoms with Gasteiger partial charge < -0.3 is 19.9 Å². The van der Waals surface area contributed by atoms with Crippen LogP contribution >= 0.6 is 7.60 Å². The van der Waals surface area contributed by atoms with E-state index in [9.17, 15) is 27.4 Å². The summed E-state index contributed by atoms with van der Waals surface area (Å²) in [5, 5.41) is 46.5. The first-order valence-corrected chi connectivity index (χ1v) is 23.4. The van der Waals surface area contributed by atoms with Crippen LogP contribution in [0.4, 0.5) is 0 Å². The van der Waals surface area contributed by atoms with Crippen LogP contribution in [0.3, 0.4) is 0 Å². The molecule has 0 unspecified atom stereocenters. The SMILES string of the molecule is CB(O)C(C)(C)C.CC(=O)C(C)(C)C.CC(=O)Cn1nnnc1C(C)(C)C.CC(C)(C)P(=O)(O)O.CC(C)(C)S(=O)(=O)O.CC(C)(C)c1nnn(CC(=O)O)n1.CC(C)C1=NCN=N1. The molecule has 2 aromatic rings. The van der Waals surface area contributed by atoms with E-state index in [4.69, 9.17) is 24.5 Å². The topological polar surface area (TPSA) is 328 Å². The summed E-state index contributed by atoms with van der Waals surface area (Å²) < 4.78 is 39.6. The minimum atomic E-state index is -3.85. The van der Waals surface area contributed by atoms with Gasteiger partial charge in [-0.1, -0.05) is 104 Å². The molecule has 0 aliphatic carbocycles. The van der Waals surface area contributed by atoms with Crippen molar-refractivity contribution < 1.29 is 51.8 Å². The van der Waals surface area contributed by atoms with Crippen LogP contribution in [0, 0.1) is 11.3 Å². The number of Topliss-reactive ketones (excluding diaryl/α,β-unsaturated/α-hetero) is 2. The highest BCUT2D eigenvalue weighted by Gasteiger charge is 2.32. The second-order valence-corrected chi connectivity index (χ2v) is 25.7. The van der Waals surface area contributed by atoms with Gasteiger partial charge in [0.05, 0.1) is 9.90 Å². The molecular weight excluding hydrogens is 872 g/mol. The molecule has 3 rings (SSSR count). The van der Waals surface area contributed by atoms with Gasteiger partial charge in [-0.25, -0.2) is 9.67 Å². The molecule has 0 fully saturated rings. The lowest BCUT2D eigenvalue weighted by atomic mass is 9.50. The third kappa shape index (κ3) is 32.9. The Kier molecular flexibility index (Phi) is 28.3. The molecule has 1 aliphatic rings. The number of rotatable bonds is 5. The number of carboxylic acids is 1. The Bertz CT molecular complexity index is 1940. The number of azo groups is 1. The predicted molar refractivity (Wildman–Crippen MR) is 250 cm³/mol. The summed E-state index contributed by atoms with van der Waals surface area (Å²) in [4.78, 5) is 53.7. The predicted octanol–water partition coefficient (Wildman–Crippen LogP) is 6.74. The molecule has 0 atom stereocenters. The van der Waals surface area contributed by atoms with Crippen LogP contribution in [-0.4, -0.2) is 120 Å². The molecule has 0 radical (unpaired) electrons. The van der Waals surface area contributed by atoms with Gasteiger partial charge in [0.25, 0.3) is 17.0 Å². The molecule has 0 bridgehead atoms. The highest BCUT2D eigenvalue weighted by molar-refractivity contribution is 7.87. The molecule has 0 spiro atoms. The van der Waals surface area contributed by atoms with E-state index in [1.807, 2.05) is 83.1 Å². The largest absolute Gasteiger partial charge is 0.480 e. The van der Waals surface area contributed by atoms with Crippen LogP contribution in [-0.2, 0) is 53.0 Å². The zero-order chi connectivity index (χ0) is 52.3. The lowest BCUT2D eigenvalue weighted by molar-refractivity contribution is -0.138. The minimum absolute atomic E-state index is 0.0535. The quantitative estimate of drug-likeness (QED) is 0.118. The van der Waals surface area contributed by atoms with Crippen LogP contribution in [0.1, 0.15) is 164 Å². The standard InChI is InChI=1S/C8H14N4O.C7H12N4O2.C6H12O.C5H13BO.C5H9N3.C4H11O3P.C4H10O3S/c1-6(13)5-12-7(8(2,3)4)9-10-11-12;1-7(2,3)6-8-10-11(9-6)4-5(12)13;1-5(7)6(2,3)4;1-5(2,3)6(4)7;1-4(2)5-6-3-7-8-5;2*1-4(2,3)8(5,6)7/h5H2,1-4H3;4H2,1-3H3,(H,12,13);1-4H3;7H,1-4H3;4H,3H2,1-2H3;1-3H3,(H2,5,6,7);1-3H3,(H,5,6,7). The van der Waals surface area contributed by atoms with Gasteiger partial charge in [0, 0.05) is 22.2 Å². The van der Waals surface area contributed by atoms with Crippen molar-refractivity contribution in [1.29, 1.82) is 0 Å². The number of aliphatic carboxylic acids is 1. The maximum Gasteiger partial charge on any atom is 0.330 e. The fourth-order valence-electron chi connectivity index (χ4n) is 2.33. The molecule has 372 valence electrons. The zero-order valence-corrected chi connectivity index (χ0v) is 44.4. The van der Waals surface area contributed by atoms with E-state index in [-0.39, 0.29) is 53.1 Å². The number of hydrogen-bond donors (Lipinski definition) is 5. The van der Waals surface area contributed by atoms with Gasteiger partial charge in [-0.2, -0.15) is 18.3 Å². The Morgan fingerprint density at radius 1 is 0.797 bits per heavy atom. The molecule has 2 aromatic heterocycles. The maximum absolute atomic E-state index is 10.9. The van der Waals surface area contributed by atoms with E-state index in [1.54, 1.807) is 18.4 Å². The number of carbonyl (C=O) groups is 3. The highest BCUT2D eigenvalue weighted by Crippen LogP contribution is 2.49. The minimum Gasteiger partial charge on any atom is -0.480 e. The number of amidine groups is 1. The van der Waals surface area contributed by atoms with Crippen molar-refractivity contribution in [2.75, 3.05) is 6.67 Å². The van der Waals surface area contributed by atoms with Gasteiger partial charge in [0.2, 0.25) is 0 Å². The van der Waals surface area contributed by atoms with E-state index in [0.29, 0.717) is 18.4 Å². The average molecular weight is 954 g/mol. The fourth-order valence-corrected chi connectivity index (χ4v) is 2.33. The maximum atomic E-state index is 10.9. The smallest absolute Gasteiger partial charge is 0.330 e. The number of carbonyl (C=O) groups excluding carboxylic acids is 2. The van der Waals surface area contributed by atoms with Gasteiger partial charge in [-0.05, 0) is 76.3 Å². The van der Waals surface area contributed by atoms with Gasteiger partial charge in [0.1, 0.15) is 18.2 Å². The van der Waals surface area contributed by atoms with E-state index >= 15 is 0 Å². The summed E-state index contributed by atoms with van der Waals surface area (Å²) in [6.45, 7) is 41.8. The Morgan fingerprint density at radius 3 is 1.41 bits per heavy atom. The third-order valence-electron chi connectivity index (χ3n) is 7.92. The molecule has 25 heteroatoms. The first-order chi connectivity index (χ1) is 28.0. The van der Waals surface area contributed by atoms with E-state index in [2.05, 4.69) is 60.0 Å². The molecule has 22 nitrogen and oxygen atoms in total. The van der Waals surface area contributed by atoms with Crippen molar-refractivity contribution in [3.05, 3.63) is 11.6 Å². The summed E-state index contributed by atoms with van der Waals surface area (Å²) in [5.74, 6) is 1.92. The Morgan fingerprint density at radius 2 is 1.20 bits per heavy atom.